The van der Waals surface area contributed by atoms with Crippen LogP contribution >= 0.6 is 0 Å². The molecule has 30 heavy (non-hydrogen) atoms. The van der Waals surface area contributed by atoms with Crippen LogP contribution in [-0.2, 0) is 27.5 Å². The largest absolute Gasteiger partial charge is 0.444 e. The molecule has 4 rings (SSSR count). The lowest BCUT2D eigenvalue weighted by molar-refractivity contribution is 0.00190. The monoisotopic (exact) mass is 435 g/mol. The van der Waals surface area contributed by atoms with Crippen molar-refractivity contribution >= 4 is 28.1 Å². The van der Waals surface area contributed by atoms with Gasteiger partial charge in [0.15, 0.2) is 9.84 Å². The molecule has 0 radical (unpaired) electrons. The summed E-state index contributed by atoms with van der Waals surface area (Å²) < 4.78 is 33.7. The first-order valence-corrected chi connectivity index (χ1v) is 12.7. The quantitative estimate of drug-likeness (QED) is 0.676. The van der Waals surface area contributed by atoms with Crippen molar-refractivity contribution in [1.29, 1.82) is 0 Å². The van der Waals surface area contributed by atoms with E-state index < -0.39 is 20.7 Å². The molecule has 0 N–H and O–H groups in total. The van der Waals surface area contributed by atoms with Gasteiger partial charge >= 0.3 is 6.09 Å². The Morgan fingerprint density at radius 3 is 2.53 bits per heavy atom. The van der Waals surface area contributed by atoms with E-state index in [-0.39, 0.29) is 17.8 Å². The molecule has 166 valence electrons. The first-order chi connectivity index (χ1) is 14.1. The number of rotatable bonds is 6. The molecule has 2 aliphatic carbocycles. The van der Waals surface area contributed by atoms with Crippen LogP contribution in [0.4, 0.5) is 4.79 Å². The molecule has 1 saturated heterocycles. The summed E-state index contributed by atoms with van der Waals surface area (Å²) in [6, 6.07) is 0. The summed E-state index contributed by atoms with van der Waals surface area (Å²) in [5.41, 5.74) is -0.543. The van der Waals surface area contributed by atoms with Crippen LogP contribution in [0, 0.1) is 11.8 Å². The number of imidazole rings is 1. The highest BCUT2D eigenvalue weighted by Crippen LogP contribution is 2.30. The molecule has 0 spiro atoms. The first-order valence-electron chi connectivity index (χ1n) is 11.0. The van der Waals surface area contributed by atoms with Crippen LogP contribution in [0.1, 0.15) is 52.8 Å². The average molecular weight is 436 g/mol. The predicted octanol–water partition coefficient (Wildman–Crippen LogP) is 1.47. The van der Waals surface area contributed by atoms with Crippen molar-refractivity contribution in [2.45, 2.75) is 70.8 Å². The molecule has 1 amide bonds. The van der Waals surface area contributed by atoms with Crippen LogP contribution in [0.3, 0.4) is 0 Å². The molecule has 1 saturated carbocycles. The minimum Gasteiger partial charge on any atom is -0.444 e. The number of amides is 1. The van der Waals surface area contributed by atoms with E-state index in [9.17, 15) is 13.2 Å². The zero-order chi connectivity index (χ0) is 21.7. The third-order valence-electron chi connectivity index (χ3n) is 5.99. The fourth-order valence-corrected chi connectivity index (χ4v) is 6.07. The summed E-state index contributed by atoms with van der Waals surface area (Å²) in [4.78, 5) is 18.4. The van der Waals surface area contributed by atoms with E-state index >= 15 is 0 Å². The molecule has 1 atom stereocenters. The van der Waals surface area contributed by atoms with Gasteiger partial charge in [0, 0.05) is 32.0 Å². The van der Waals surface area contributed by atoms with Crippen molar-refractivity contribution in [2.24, 2.45) is 11.8 Å². The van der Waals surface area contributed by atoms with Crippen molar-refractivity contribution in [3.8, 4) is 0 Å². The Morgan fingerprint density at radius 1 is 1.23 bits per heavy atom. The number of aryl methyl sites for hydroxylation is 1. The highest BCUT2D eigenvalue weighted by molar-refractivity contribution is 7.92. The SMILES string of the molecule is CCc1nc2c(n1CC1CC1)=CCC(S(=O)(=O)CC1CN(C(=O)OC(C)(C)C)C1)C=2. The van der Waals surface area contributed by atoms with Gasteiger partial charge in [0.1, 0.15) is 11.4 Å². The molecule has 1 unspecified atom stereocenters. The molecule has 2 heterocycles. The lowest BCUT2D eigenvalue weighted by Gasteiger charge is -2.39. The maximum atomic E-state index is 13.0. The molecule has 0 aromatic carbocycles. The van der Waals surface area contributed by atoms with Crippen molar-refractivity contribution in [3.05, 3.63) is 16.5 Å². The van der Waals surface area contributed by atoms with Crippen molar-refractivity contribution < 1.29 is 17.9 Å². The zero-order valence-corrected chi connectivity index (χ0v) is 19.2. The summed E-state index contributed by atoms with van der Waals surface area (Å²) in [6.07, 6.45) is 7.43. The summed E-state index contributed by atoms with van der Waals surface area (Å²) in [7, 11) is -3.31. The van der Waals surface area contributed by atoms with Crippen LogP contribution in [0.15, 0.2) is 0 Å². The summed E-state index contributed by atoms with van der Waals surface area (Å²) in [5.74, 6) is 1.86. The van der Waals surface area contributed by atoms with Gasteiger partial charge in [0.05, 0.1) is 21.7 Å². The van der Waals surface area contributed by atoms with Gasteiger partial charge in [-0.1, -0.05) is 13.0 Å². The second-order valence-electron chi connectivity index (χ2n) is 9.93. The molecule has 0 bridgehead atoms. The number of nitrogens with zero attached hydrogens (tertiary/aromatic N) is 3. The highest BCUT2D eigenvalue weighted by Gasteiger charge is 2.38. The van der Waals surface area contributed by atoms with Crippen LogP contribution in [0.5, 0.6) is 0 Å². The fourth-order valence-electron chi connectivity index (χ4n) is 4.23. The summed E-state index contributed by atoms with van der Waals surface area (Å²) >= 11 is 0. The molecule has 3 aliphatic rings. The fraction of sp³-hybridized carbons (Fsp3) is 0.727. The third-order valence-corrected chi connectivity index (χ3v) is 8.18. The van der Waals surface area contributed by atoms with Gasteiger partial charge < -0.3 is 14.2 Å². The number of ether oxygens (including phenoxy) is 1. The van der Waals surface area contributed by atoms with Crippen LogP contribution in [-0.4, -0.2) is 58.7 Å². The van der Waals surface area contributed by atoms with E-state index in [0.29, 0.717) is 19.5 Å². The topological polar surface area (TPSA) is 81.5 Å². The average Bonchev–Trinajstić information content (AvgIpc) is 3.36. The highest BCUT2D eigenvalue weighted by atomic mass is 32.2. The zero-order valence-electron chi connectivity index (χ0n) is 18.4. The van der Waals surface area contributed by atoms with Crippen LogP contribution in [0.2, 0.25) is 0 Å². The predicted molar refractivity (Wildman–Crippen MR) is 116 cm³/mol. The number of hydrogen-bond acceptors (Lipinski definition) is 5. The Morgan fingerprint density at radius 2 is 1.93 bits per heavy atom. The Hall–Kier alpha value is -1.83. The molecular formula is C22H33N3O4S. The van der Waals surface area contributed by atoms with E-state index in [1.165, 1.54) is 12.8 Å². The lowest BCUT2D eigenvalue weighted by Crippen LogP contribution is -2.54. The van der Waals surface area contributed by atoms with Gasteiger partial charge in [0.2, 0.25) is 0 Å². The molecule has 1 aliphatic heterocycles. The van der Waals surface area contributed by atoms with Gasteiger partial charge in [-0.05, 0) is 52.0 Å². The number of sulfone groups is 1. The minimum atomic E-state index is -3.31. The van der Waals surface area contributed by atoms with E-state index in [1.807, 2.05) is 26.8 Å². The van der Waals surface area contributed by atoms with Gasteiger partial charge in [-0.15, -0.1) is 0 Å². The smallest absolute Gasteiger partial charge is 0.410 e. The molecular weight excluding hydrogens is 402 g/mol. The number of aromatic nitrogens is 2. The Labute approximate surface area is 178 Å². The van der Waals surface area contributed by atoms with Crippen molar-refractivity contribution in [3.63, 3.8) is 0 Å². The van der Waals surface area contributed by atoms with Gasteiger partial charge in [-0.25, -0.2) is 18.2 Å². The number of hydrogen-bond donors (Lipinski definition) is 0. The van der Waals surface area contributed by atoms with E-state index in [1.54, 1.807) is 4.90 Å². The first kappa shape index (κ1) is 21.4. The maximum Gasteiger partial charge on any atom is 0.410 e. The van der Waals surface area contributed by atoms with Gasteiger partial charge in [0.25, 0.3) is 0 Å². The van der Waals surface area contributed by atoms with Crippen LogP contribution in [0.25, 0.3) is 12.2 Å². The normalized spacial score (nSPS) is 22.0. The van der Waals surface area contributed by atoms with Crippen molar-refractivity contribution in [2.75, 3.05) is 18.8 Å². The number of fused-ring (bicyclic) bond motifs is 1. The summed E-state index contributed by atoms with van der Waals surface area (Å²) in [5, 5.41) is 1.37. The molecule has 2 fully saturated rings. The van der Waals surface area contributed by atoms with E-state index in [0.717, 1.165) is 35.4 Å². The van der Waals surface area contributed by atoms with Gasteiger partial charge in [-0.2, -0.15) is 0 Å². The second kappa shape index (κ2) is 7.70. The molecule has 8 heteroatoms. The standard InChI is InChI=1S/C22H33N3O4S/c1-5-20-23-18-10-17(8-9-19(18)25(20)13-15-6-7-15)30(27,28)14-16-11-24(12-16)21(26)29-22(2,3)4/h9-10,15-17H,5-8,11-14H2,1-4H3. The summed E-state index contributed by atoms with van der Waals surface area (Å²) in [6.45, 7) is 9.44. The number of carbonyl (C=O) groups is 1. The van der Waals surface area contributed by atoms with Crippen molar-refractivity contribution in [1.82, 2.24) is 14.5 Å². The van der Waals surface area contributed by atoms with Crippen LogP contribution < -0.4 is 10.7 Å². The van der Waals surface area contributed by atoms with E-state index in [4.69, 9.17) is 9.72 Å². The Kier molecular flexibility index (Phi) is 5.49. The van der Waals surface area contributed by atoms with Gasteiger partial charge in [-0.3, -0.25) is 0 Å². The second-order valence-corrected chi connectivity index (χ2v) is 12.2. The Bertz CT molecular complexity index is 1040. The Balaban J connectivity index is 1.41. The van der Waals surface area contributed by atoms with E-state index in [2.05, 4.69) is 17.6 Å². The third kappa shape index (κ3) is 4.58. The lowest BCUT2D eigenvalue weighted by atomic mass is 10.0. The minimum absolute atomic E-state index is 0.0315. The number of carbonyl (C=O) groups excluding carboxylic acids is 1. The number of likely N-dealkylation sites (tertiary alicyclic amines) is 1. The molecule has 1 aromatic heterocycles. The molecule has 1 aromatic rings. The molecule has 7 nitrogen and oxygen atoms in total. The maximum absolute atomic E-state index is 13.0.